The number of carbonyl (C=O) groups excluding carboxylic acids is 1. The number of hydrogen-bond acceptors (Lipinski definition) is 3. The molecule has 2 aromatic rings. The molecule has 0 bridgehead atoms. The molecule has 0 saturated carbocycles. The zero-order valence-corrected chi connectivity index (χ0v) is 11.5. The Kier molecular flexibility index (Phi) is 4.24. The average Bonchev–Trinajstić information content (AvgIpc) is 2.41. The van der Waals surface area contributed by atoms with Crippen molar-refractivity contribution >= 4 is 34.6 Å². The summed E-state index contributed by atoms with van der Waals surface area (Å²) >= 11 is 5.97. The lowest BCUT2D eigenvalue weighted by molar-refractivity contribution is -0.114. The minimum absolute atomic E-state index is 0.107. The second kappa shape index (κ2) is 6.09. The van der Waals surface area contributed by atoms with Gasteiger partial charge in [0.1, 0.15) is 6.07 Å². The van der Waals surface area contributed by atoms with Gasteiger partial charge in [-0.05, 0) is 42.5 Å². The van der Waals surface area contributed by atoms with Crippen molar-refractivity contribution in [3.05, 3.63) is 53.1 Å². The number of carbonyl (C=O) groups is 1. The molecule has 0 heterocycles. The van der Waals surface area contributed by atoms with E-state index >= 15 is 0 Å². The number of amides is 1. The van der Waals surface area contributed by atoms with Crippen molar-refractivity contribution in [2.45, 2.75) is 6.92 Å². The molecule has 0 aliphatic rings. The number of hydrogen-bond donors (Lipinski definition) is 2. The molecule has 1 amide bonds. The number of nitrogens with one attached hydrogen (secondary N) is 2. The van der Waals surface area contributed by atoms with Crippen LogP contribution in [0, 0.1) is 11.3 Å². The van der Waals surface area contributed by atoms with Gasteiger partial charge in [0.15, 0.2) is 0 Å². The maximum atomic E-state index is 10.9. The van der Waals surface area contributed by atoms with Crippen LogP contribution in [0.1, 0.15) is 12.5 Å². The topological polar surface area (TPSA) is 64.9 Å². The SMILES string of the molecule is CC(=O)Nc1ccc(Nc2ccc(C#N)c(Cl)c2)cc1. The number of halogens is 1. The van der Waals surface area contributed by atoms with E-state index in [1.54, 1.807) is 30.3 Å². The van der Waals surface area contributed by atoms with E-state index in [0.717, 1.165) is 17.1 Å². The molecule has 0 saturated heterocycles. The Morgan fingerprint density at radius 2 is 1.70 bits per heavy atom. The van der Waals surface area contributed by atoms with E-state index in [-0.39, 0.29) is 5.91 Å². The molecule has 4 nitrogen and oxygen atoms in total. The zero-order valence-electron chi connectivity index (χ0n) is 10.8. The highest BCUT2D eigenvalue weighted by Crippen LogP contribution is 2.24. The second-order valence-electron chi connectivity index (χ2n) is 4.19. The van der Waals surface area contributed by atoms with Crippen molar-refractivity contribution in [2.75, 3.05) is 10.6 Å². The van der Waals surface area contributed by atoms with Crippen LogP contribution in [0.2, 0.25) is 5.02 Å². The Morgan fingerprint density at radius 1 is 1.10 bits per heavy atom. The summed E-state index contributed by atoms with van der Waals surface area (Å²) in [6.07, 6.45) is 0. The Morgan fingerprint density at radius 3 is 2.25 bits per heavy atom. The van der Waals surface area contributed by atoms with E-state index in [4.69, 9.17) is 16.9 Å². The van der Waals surface area contributed by atoms with Gasteiger partial charge < -0.3 is 10.6 Å². The maximum absolute atomic E-state index is 10.9. The Labute approximate surface area is 122 Å². The van der Waals surface area contributed by atoms with Gasteiger partial charge in [-0.2, -0.15) is 5.26 Å². The Bertz CT molecular complexity index is 675. The van der Waals surface area contributed by atoms with Crippen molar-refractivity contribution in [1.82, 2.24) is 0 Å². The molecule has 100 valence electrons. The third-order valence-electron chi connectivity index (χ3n) is 2.58. The number of anilines is 3. The molecule has 20 heavy (non-hydrogen) atoms. The highest BCUT2D eigenvalue weighted by atomic mass is 35.5. The second-order valence-corrected chi connectivity index (χ2v) is 4.60. The van der Waals surface area contributed by atoms with Crippen LogP contribution >= 0.6 is 11.6 Å². The Balaban J connectivity index is 2.12. The third kappa shape index (κ3) is 3.50. The predicted molar refractivity (Wildman–Crippen MR) is 80.2 cm³/mol. The largest absolute Gasteiger partial charge is 0.355 e. The average molecular weight is 286 g/mol. The van der Waals surface area contributed by atoms with Crippen molar-refractivity contribution in [2.24, 2.45) is 0 Å². The highest BCUT2D eigenvalue weighted by Gasteiger charge is 2.02. The van der Waals surface area contributed by atoms with Gasteiger partial charge >= 0.3 is 0 Å². The van der Waals surface area contributed by atoms with E-state index in [1.165, 1.54) is 6.92 Å². The van der Waals surface area contributed by atoms with E-state index in [2.05, 4.69) is 10.6 Å². The maximum Gasteiger partial charge on any atom is 0.221 e. The number of nitrogens with zero attached hydrogens (tertiary/aromatic N) is 1. The van der Waals surface area contributed by atoms with Crippen LogP contribution in [0.5, 0.6) is 0 Å². The predicted octanol–water partition coefficient (Wildman–Crippen LogP) is 3.91. The fourth-order valence-electron chi connectivity index (χ4n) is 1.69. The van der Waals surface area contributed by atoms with Gasteiger partial charge in [0, 0.05) is 24.0 Å². The molecule has 0 aromatic heterocycles. The lowest BCUT2D eigenvalue weighted by atomic mass is 10.2. The van der Waals surface area contributed by atoms with Crippen molar-refractivity contribution in [3.63, 3.8) is 0 Å². The summed E-state index contributed by atoms with van der Waals surface area (Å²) in [6, 6.07) is 14.4. The third-order valence-corrected chi connectivity index (χ3v) is 2.90. The molecule has 5 heteroatoms. The zero-order chi connectivity index (χ0) is 14.5. The number of benzene rings is 2. The van der Waals surface area contributed by atoms with Crippen LogP contribution in [-0.4, -0.2) is 5.91 Å². The summed E-state index contributed by atoms with van der Waals surface area (Å²) in [5, 5.41) is 15.1. The first-order valence-electron chi connectivity index (χ1n) is 5.93. The Hall–Kier alpha value is -2.51. The van der Waals surface area contributed by atoms with Gasteiger partial charge in [-0.1, -0.05) is 11.6 Å². The van der Waals surface area contributed by atoms with Gasteiger partial charge in [-0.3, -0.25) is 4.79 Å². The number of rotatable bonds is 3. The number of nitriles is 1. The smallest absolute Gasteiger partial charge is 0.221 e. The van der Waals surface area contributed by atoms with Crippen LogP contribution in [0.15, 0.2) is 42.5 Å². The molecule has 0 aliphatic heterocycles. The summed E-state index contributed by atoms with van der Waals surface area (Å²) in [6.45, 7) is 1.46. The van der Waals surface area contributed by atoms with Crippen molar-refractivity contribution in [1.29, 1.82) is 5.26 Å². The van der Waals surface area contributed by atoms with E-state index in [1.807, 2.05) is 18.2 Å². The molecular formula is C15H12ClN3O. The van der Waals surface area contributed by atoms with Crippen molar-refractivity contribution < 1.29 is 4.79 Å². The standard InChI is InChI=1S/C15H12ClN3O/c1-10(20)18-12-4-6-13(7-5-12)19-14-3-2-11(9-17)15(16)8-14/h2-8,19H,1H3,(H,18,20). The first-order valence-corrected chi connectivity index (χ1v) is 6.30. The molecule has 2 aromatic carbocycles. The van der Waals surface area contributed by atoms with Crippen LogP contribution in [0.25, 0.3) is 0 Å². The first kappa shape index (κ1) is 13.9. The first-order chi connectivity index (χ1) is 9.58. The molecular weight excluding hydrogens is 274 g/mol. The quantitative estimate of drug-likeness (QED) is 0.898. The summed E-state index contributed by atoms with van der Waals surface area (Å²) in [7, 11) is 0. The van der Waals surface area contributed by atoms with Gasteiger partial charge in [0.2, 0.25) is 5.91 Å². The van der Waals surface area contributed by atoms with Crippen molar-refractivity contribution in [3.8, 4) is 6.07 Å². The van der Waals surface area contributed by atoms with Gasteiger partial charge in [0.05, 0.1) is 10.6 Å². The summed E-state index contributed by atoms with van der Waals surface area (Å²) in [5.74, 6) is -0.107. The summed E-state index contributed by atoms with van der Waals surface area (Å²) in [5.41, 5.74) is 2.83. The van der Waals surface area contributed by atoms with Crippen LogP contribution in [0.4, 0.5) is 17.1 Å². The van der Waals surface area contributed by atoms with Crippen LogP contribution < -0.4 is 10.6 Å². The molecule has 2 rings (SSSR count). The fourth-order valence-corrected chi connectivity index (χ4v) is 1.91. The van der Waals surface area contributed by atoms with Gasteiger partial charge in [-0.25, -0.2) is 0 Å². The molecule has 0 spiro atoms. The molecule has 0 aliphatic carbocycles. The lowest BCUT2D eigenvalue weighted by Crippen LogP contribution is -2.05. The monoisotopic (exact) mass is 285 g/mol. The molecule has 0 radical (unpaired) electrons. The van der Waals surface area contributed by atoms with Crippen LogP contribution in [0.3, 0.4) is 0 Å². The normalized spacial score (nSPS) is 9.65. The van der Waals surface area contributed by atoms with E-state index in [9.17, 15) is 4.79 Å². The molecule has 0 fully saturated rings. The lowest BCUT2D eigenvalue weighted by Gasteiger charge is -2.08. The molecule has 2 N–H and O–H groups in total. The van der Waals surface area contributed by atoms with Gasteiger partial charge in [0.25, 0.3) is 0 Å². The van der Waals surface area contributed by atoms with Crippen LogP contribution in [-0.2, 0) is 4.79 Å². The summed E-state index contributed by atoms with van der Waals surface area (Å²) in [4.78, 5) is 10.9. The van der Waals surface area contributed by atoms with Gasteiger partial charge in [-0.15, -0.1) is 0 Å². The molecule has 0 atom stereocenters. The summed E-state index contributed by atoms with van der Waals surface area (Å²) < 4.78 is 0. The fraction of sp³-hybridized carbons (Fsp3) is 0.0667. The minimum atomic E-state index is -0.107. The van der Waals surface area contributed by atoms with E-state index in [0.29, 0.717) is 10.6 Å². The van der Waals surface area contributed by atoms with E-state index < -0.39 is 0 Å². The minimum Gasteiger partial charge on any atom is -0.355 e. The highest BCUT2D eigenvalue weighted by molar-refractivity contribution is 6.32. The molecule has 0 unspecified atom stereocenters.